The molecule has 3 rings (SSSR count). The number of carboxylic acid groups (broad SMARTS) is 1. The first-order chi connectivity index (χ1) is 12.5. The van der Waals surface area contributed by atoms with Crippen molar-refractivity contribution in [3.8, 4) is 11.5 Å². The topological polar surface area (TPSA) is 78.5 Å². The predicted molar refractivity (Wildman–Crippen MR) is 97.1 cm³/mol. The molecule has 0 aliphatic heterocycles. The molecule has 0 aromatic heterocycles. The van der Waals surface area contributed by atoms with E-state index in [1.165, 1.54) is 0 Å². The maximum atomic E-state index is 12.4. The molecule has 0 radical (unpaired) electrons. The molecule has 1 saturated carbocycles. The zero-order valence-electron chi connectivity index (χ0n) is 14.1. The molecule has 1 aliphatic rings. The van der Waals surface area contributed by atoms with Crippen LogP contribution in [0.3, 0.4) is 0 Å². The van der Waals surface area contributed by atoms with Crippen molar-refractivity contribution in [3.05, 3.63) is 53.6 Å². The van der Waals surface area contributed by atoms with Crippen LogP contribution in [0, 0.1) is 11.8 Å². The third kappa shape index (κ3) is 4.55. The molecular formula is C20H19ClNO4-. The second-order valence-electron chi connectivity index (χ2n) is 6.39. The lowest BCUT2D eigenvalue weighted by Crippen LogP contribution is -2.42. The number of anilines is 1. The van der Waals surface area contributed by atoms with E-state index in [0.717, 1.165) is 12.8 Å². The third-order valence-corrected chi connectivity index (χ3v) is 4.83. The number of ether oxygens (including phenoxy) is 1. The highest BCUT2D eigenvalue weighted by atomic mass is 35.5. The van der Waals surface area contributed by atoms with Gasteiger partial charge >= 0.3 is 0 Å². The molecule has 0 heterocycles. The molecule has 5 nitrogen and oxygen atoms in total. The summed E-state index contributed by atoms with van der Waals surface area (Å²) in [7, 11) is 0. The summed E-state index contributed by atoms with van der Waals surface area (Å²) in [6, 6.07) is 13.9. The van der Waals surface area contributed by atoms with Gasteiger partial charge in [0.25, 0.3) is 0 Å². The van der Waals surface area contributed by atoms with E-state index in [9.17, 15) is 14.7 Å². The SMILES string of the molecule is O=C([O-])C1CCCCC1C(=O)Nc1ccc(Oc2ccc(Cl)cc2)cc1. The van der Waals surface area contributed by atoms with Crippen LogP contribution < -0.4 is 15.2 Å². The molecular weight excluding hydrogens is 354 g/mol. The van der Waals surface area contributed by atoms with E-state index in [1.807, 2.05) is 0 Å². The molecule has 2 aromatic rings. The fourth-order valence-electron chi connectivity index (χ4n) is 3.21. The Hall–Kier alpha value is -2.53. The molecule has 6 heteroatoms. The van der Waals surface area contributed by atoms with Crippen LogP contribution >= 0.6 is 11.6 Å². The summed E-state index contributed by atoms with van der Waals surface area (Å²) in [4.78, 5) is 23.7. The lowest BCUT2D eigenvalue weighted by atomic mass is 9.78. The number of nitrogens with one attached hydrogen (secondary N) is 1. The normalized spacial score (nSPS) is 19.6. The van der Waals surface area contributed by atoms with E-state index in [-0.39, 0.29) is 5.91 Å². The number of amides is 1. The van der Waals surface area contributed by atoms with Crippen LogP contribution in [0.15, 0.2) is 48.5 Å². The fraction of sp³-hybridized carbons (Fsp3) is 0.300. The van der Waals surface area contributed by atoms with Crippen molar-refractivity contribution in [1.82, 2.24) is 0 Å². The summed E-state index contributed by atoms with van der Waals surface area (Å²) in [6.45, 7) is 0. The Morgan fingerprint density at radius 3 is 2.04 bits per heavy atom. The molecule has 2 atom stereocenters. The monoisotopic (exact) mass is 372 g/mol. The zero-order chi connectivity index (χ0) is 18.5. The molecule has 1 aliphatic carbocycles. The molecule has 1 N–H and O–H groups in total. The van der Waals surface area contributed by atoms with E-state index in [0.29, 0.717) is 35.1 Å². The minimum absolute atomic E-state index is 0.273. The Balaban J connectivity index is 1.62. The number of benzene rings is 2. The predicted octanol–water partition coefficient (Wildman–Crippen LogP) is 3.63. The Morgan fingerprint density at radius 2 is 1.46 bits per heavy atom. The highest BCUT2D eigenvalue weighted by molar-refractivity contribution is 6.30. The molecule has 136 valence electrons. The van der Waals surface area contributed by atoms with Gasteiger partial charge < -0.3 is 20.0 Å². The largest absolute Gasteiger partial charge is 0.550 e. The first-order valence-corrected chi connectivity index (χ1v) is 8.96. The standard InChI is InChI=1S/C20H20ClNO4/c21-13-5-9-15(10-6-13)26-16-11-7-14(8-12-16)22-19(23)17-3-1-2-4-18(17)20(24)25/h5-12,17-18H,1-4H2,(H,22,23)(H,24,25)/p-1. The number of carbonyl (C=O) groups is 2. The van der Waals surface area contributed by atoms with Crippen LogP contribution in [0.5, 0.6) is 11.5 Å². The van der Waals surface area contributed by atoms with Crippen LogP contribution in [-0.4, -0.2) is 11.9 Å². The summed E-state index contributed by atoms with van der Waals surface area (Å²) in [6.07, 6.45) is 2.74. The van der Waals surface area contributed by atoms with Crippen LogP contribution in [0.4, 0.5) is 5.69 Å². The molecule has 2 unspecified atom stereocenters. The Morgan fingerprint density at radius 1 is 0.923 bits per heavy atom. The number of hydrogen-bond donors (Lipinski definition) is 1. The van der Waals surface area contributed by atoms with Crippen LogP contribution in [0.2, 0.25) is 5.02 Å². The summed E-state index contributed by atoms with van der Waals surface area (Å²) < 4.78 is 5.70. The summed E-state index contributed by atoms with van der Waals surface area (Å²) in [5.41, 5.74) is 0.598. The van der Waals surface area contributed by atoms with Gasteiger partial charge in [0, 0.05) is 28.5 Å². The maximum absolute atomic E-state index is 12.4. The lowest BCUT2D eigenvalue weighted by Gasteiger charge is -2.31. The Kier molecular flexibility index (Phi) is 5.78. The highest BCUT2D eigenvalue weighted by Crippen LogP contribution is 2.31. The second kappa shape index (κ2) is 8.23. The average molecular weight is 373 g/mol. The fourth-order valence-corrected chi connectivity index (χ4v) is 3.33. The summed E-state index contributed by atoms with van der Waals surface area (Å²) in [5.74, 6) is -1.39. The average Bonchev–Trinajstić information content (AvgIpc) is 2.65. The van der Waals surface area contributed by atoms with Crippen molar-refractivity contribution in [2.24, 2.45) is 11.8 Å². The number of hydrogen-bond acceptors (Lipinski definition) is 4. The minimum atomic E-state index is -1.14. The smallest absolute Gasteiger partial charge is 0.228 e. The molecule has 0 saturated heterocycles. The van der Waals surface area contributed by atoms with E-state index in [2.05, 4.69) is 5.32 Å². The van der Waals surface area contributed by atoms with Crippen molar-refractivity contribution in [2.45, 2.75) is 25.7 Å². The molecule has 1 amide bonds. The van der Waals surface area contributed by atoms with Crippen molar-refractivity contribution >= 4 is 29.2 Å². The Labute approximate surface area is 156 Å². The van der Waals surface area contributed by atoms with E-state index in [4.69, 9.17) is 16.3 Å². The van der Waals surface area contributed by atoms with Gasteiger partial charge in [-0.05, 0) is 61.4 Å². The Bertz CT molecular complexity index is 773. The van der Waals surface area contributed by atoms with Crippen molar-refractivity contribution in [2.75, 3.05) is 5.32 Å². The van der Waals surface area contributed by atoms with Crippen LogP contribution in [0.1, 0.15) is 25.7 Å². The van der Waals surface area contributed by atoms with Crippen LogP contribution in [0.25, 0.3) is 0 Å². The van der Waals surface area contributed by atoms with E-state index < -0.39 is 17.8 Å². The molecule has 0 bridgehead atoms. The van der Waals surface area contributed by atoms with Gasteiger partial charge in [-0.3, -0.25) is 4.79 Å². The molecule has 0 spiro atoms. The van der Waals surface area contributed by atoms with Crippen molar-refractivity contribution < 1.29 is 19.4 Å². The quantitative estimate of drug-likeness (QED) is 0.869. The first-order valence-electron chi connectivity index (χ1n) is 8.58. The molecule has 1 fully saturated rings. The van der Waals surface area contributed by atoms with Gasteiger partial charge in [-0.25, -0.2) is 0 Å². The van der Waals surface area contributed by atoms with Gasteiger partial charge in [0.2, 0.25) is 5.91 Å². The summed E-state index contributed by atoms with van der Waals surface area (Å²) in [5, 5.41) is 14.7. The summed E-state index contributed by atoms with van der Waals surface area (Å²) >= 11 is 5.84. The third-order valence-electron chi connectivity index (χ3n) is 4.58. The van der Waals surface area contributed by atoms with Crippen molar-refractivity contribution in [1.29, 1.82) is 0 Å². The number of halogens is 1. The zero-order valence-corrected chi connectivity index (χ0v) is 14.9. The first kappa shape index (κ1) is 18.3. The number of carbonyl (C=O) groups excluding carboxylic acids is 2. The molecule has 2 aromatic carbocycles. The highest BCUT2D eigenvalue weighted by Gasteiger charge is 2.31. The number of aliphatic carboxylic acids is 1. The van der Waals surface area contributed by atoms with E-state index >= 15 is 0 Å². The van der Waals surface area contributed by atoms with Gasteiger partial charge in [-0.2, -0.15) is 0 Å². The number of carboxylic acids is 1. The van der Waals surface area contributed by atoms with Gasteiger partial charge in [0.15, 0.2) is 0 Å². The maximum Gasteiger partial charge on any atom is 0.228 e. The molecule has 26 heavy (non-hydrogen) atoms. The van der Waals surface area contributed by atoms with E-state index in [1.54, 1.807) is 48.5 Å². The lowest BCUT2D eigenvalue weighted by molar-refractivity contribution is -0.313. The second-order valence-corrected chi connectivity index (χ2v) is 6.82. The van der Waals surface area contributed by atoms with Gasteiger partial charge in [0.1, 0.15) is 11.5 Å². The minimum Gasteiger partial charge on any atom is -0.550 e. The van der Waals surface area contributed by atoms with Crippen LogP contribution in [-0.2, 0) is 9.59 Å². The van der Waals surface area contributed by atoms with Gasteiger partial charge in [0.05, 0.1) is 0 Å². The van der Waals surface area contributed by atoms with Crippen molar-refractivity contribution in [3.63, 3.8) is 0 Å². The van der Waals surface area contributed by atoms with Gasteiger partial charge in [-0.1, -0.05) is 24.4 Å². The number of rotatable bonds is 5. The van der Waals surface area contributed by atoms with Gasteiger partial charge in [-0.15, -0.1) is 0 Å².